The Hall–Kier alpha value is -2.38. The number of ether oxygens (including phenoxy) is 2. The number of aliphatic hydroxyl groups excluding tert-OH is 2. The zero-order valence-electron chi connectivity index (χ0n) is 14.8. The van der Waals surface area contributed by atoms with Crippen LogP contribution in [0, 0.1) is 0 Å². The summed E-state index contributed by atoms with van der Waals surface area (Å²) in [4.78, 5) is 24.4. The number of hydrogen-bond donors (Lipinski definition) is 3. The van der Waals surface area contributed by atoms with Crippen LogP contribution in [0.2, 0.25) is 0 Å². The normalized spacial score (nSPS) is 25.2. The molecule has 0 saturated carbocycles. The first-order chi connectivity index (χ1) is 12.3. The third-order valence-electron chi connectivity index (χ3n) is 4.27. The van der Waals surface area contributed by atoms with Crippen LogP contribution in [0.25, 0.3) is 6.08 Å². The summed E-state index contributed by atoms with van der Waals surface area (Å²) in [6.45, 7) is 1.69. The summed E-state index contributed by atoms with van der Waals surface area (Å²) >= 11 is 0. The molecule has 0 spiro atoms. The predicted octanol–water partition coefficient (Wildman–Crippen LogP) is 1.82. The van der Waals surface area contributed by atoms with E-state index in [0.717, 1.165) is 0 Å². The molecule has 1 aromatic rings. The lowest BCUT2D eigenvalue weighted by molar-refractivity contribution is -0.132. The van der Waals surface area contributed by atoms with E-state index in [9.17, 15) is 24.9 Å². The maximum atomic E-state index is 12.5. The fourth-order valence-corrected chi connectivity index (χ4v) is 2.78. The minimum atomic E-state index is -1.46. The summed E-state index contributed by atoms with van der Waals surface area (Å²) < 4.78 is 10.5. The molecule has 1 aromatic carbocycles. The Labute approximate surface area is 151 Å². The van der Waals surface area contributed by atoms with Gasteiger partial charge in [0, 0.05) is 12.5 Å². The number of benzene rings is 1. The molecule has 26 heavy (non-hydrogen) atoms. The minimum absolute atomic E-state index is 0.00271. The molecule has 1 aliphatic rings. The van der Waals surface area contributed by atoms with Gasteiger partial charge >= 0.3 is 5.97 Å². The van der Waals surface area contributed by atoms with Gasteiger partial charge < -0.3 is 24.8 Å². The Morgan fingerprint density at radius 3 is 2.65 bits per heavy atom. The standard InChI is InChI=1S/C19H24O7/c1-11-5-3-7-14(20)18(23)15(21)8-4-6-12-9-13(25-2)10-16(22)17(12)19(24)26-11/h4,6,9-11,15,18,21-23H,3,5,7-8H2,1-2H3/t11-,15-,18-/m0/s1. The van der Waals surface area contributed by atoms with Crippen molar-refractivity contribution >= 4 is 17.8 Å². The van der Waals surface area contributed by atoms with Crippen LogP contribution in [-0.4, -0.2) is 52.5 Å². The summed E-state index contributed by atoms with van der Waals surface area (Å²) in [6, 6.07) is 2.87. The molecule has 2 rings (SSSR count). The van der Waals surface area contributed by atoms with Crippen molar-refractivity contribution in [3.8, 4) is 11.5 Å². The van der Waals surface area contributed by atoms with Crippen LogP contribution in [-0.2, 0) is 9.53 Å². The van der Waals surface area contributed by atoms with Crippen molar-refractivity contribution in [1.82, 2.24) is 0 Å². The van der Waals surface area contributed by atoms with Gasteiger partial charge in [-0.25, -0.2) is 4.79 Å². The van der Waals surface area contributed by atoms with Crippen LogP contribution in [0.5, 0.6) is 11.5 Å². The van der Waals surface area contributed by atoms with Crippen molar-refractivity contribution in [2.75, 3.05) is 7.11 Å². The smallest absolute Gasteiger partial charge is 0.342 e. The second kappa shape index (κ2) is 8.82. The number of hydrogen-bond acceptors (Lipinski definition) is 7. The molecule has 1 heterocycles. The van der Waals surface area contributed by atoms with Crippen LogP contribution in [0.3, 0.4) is 0 Å². The molecule has 3 atom stereocenters. The molecule has 0 aliphatic carbocycles. The highest BCUT2D eigenvalue weighted by molar-refractivity contribution is 5.97. The maximum absolute atomic E-state index is 12.5. The highest BCUT2D eigenvalue weighted by Crippen LogP contribution is 2.30. The molecule has 0 fully saturated rings. The average Bonchev–Trinajstić information content (AvgIpc) is 2.59. The highest BCUT2D eigenvalue weighted by Gasteiger charge is 2.25. The van der Waals surface area contributed by atoms with E-state index in [2.05, 4.69) is 0 Å². The van der Waals surface area contributed by atoms with E-state index in [1.807, 2.05) is 0 Å². The van der Waals surface area contributed by atoms with Gasteiger partial charge in [0.1, 0.15) is 23.2 Å². The summed E-state index contributed by atoms with van der Waals surface area (Å²) in [7, 11) is 1.43. The van der Waals surface area contributed by atoms with E-state index in [0.29, 0.717) is 24.2 Å². The van der Waals surface area contributed by atoms with Crippen LogP contribution < -0.4 is 4.74 Å². The summed E-state index contributed by atoms with van der Waals surface area (Å²) in [5.74, 6) is -1.05. The summed E-state index contributed by atoms with van der Waals surface area (Å²) in [6.07, 6.45) is 0.776. The lowest BCUT2D eigenvalue weighted by Gasteiger charge is -2.18. The second-order valence-corrected chi connectivity index (χ2v) is 6.34. The molecule has 0 radical (unpaired) electrons. The van der Waals surface area contributed by atoms with Gasteiger partial charge in [-0.1, -0.05) is 12.2 Å². The van der Waals surface area contributed by atoms with Crippen molar-refractivity contribution < 1.29 is 34.4 Å². The van der Waals surface area contributed by atoms with Crippen molar-refractivity contribution in [2.45, 2.75) is 50.9 Å². The van der Waals surface area contributed by atoms with E-state index < -0.39 is 30.1 Å². The van der Waals surface area contributed by atoms with E-state index in [1.165, 1.54) is 25.3 Å². The third-order valence-corrected chi connectivity index (χ3v) is 4.27. The zero-order valence-corrected chi connectivity index (χ0v) is 14.8. The van der Waals surface area contributed by atoms with Crippen molar-refractivity contribution in [3.05, 3.63) is 29.3 Å². The minimum Gasteiger partial charge on any atom is -0.507 e. The molecule has 0 unspecified atom stereocenters. The van der Waals surface area contributed by atoms with E-state index >= 15 is 0 Å². The molecule has 0 amide bonds. The van der Waals surface area contributed by atoms with Gasteiger partial charge in [0.05, 0.1) is 19.3 Å². The van der Waals surface area contributed by atoms with E-state index in [4.69, 9.17) is 9.47 Å². The number of fused-ring (bicyclic) bond motifs is 1. The molecule has 142 valence electrons. The van der Waals surface area contributed by atoms with Gasteiger partial charge in [-0.05, 0) is 37.8 Å². The van der Waals surface area contributed by atoms with Gasteiger partial charge in [-0.2, -0.15) is 0 Å². The molecule has 0 bridgehead atoms. The Bertz CT molecular complexity index is 695. The number of rotatable bonds is 1. The average molecular weight is 364 g/mol. The van der Waals surface area contributed by atoms with Crippen LogP contribution in [0.4, 0.5) is 0 Å². The topological polar surface area (TPSA) is 113 Å². The number of ketones is 1. The Morgan fingerprint density at radius 1 is 1.23 bits per heavy atom. The Morgan fingerprint density at radius 2 is 1.96 bits per heavy atom. The lowest BCUT2D eigenvalue weighted by atomic mass is 9.99. The van der Waals surface area contributed by atoms with Gasteiger partial charge in [-0.15, -0.1) is 0 Å². The molecular weight excluding hydrogens is 340 g/mol. The van der Waals surface area contributed by atoms with Gasteiger partial charge in [0.25, 0.3) is 0 Å². The van der Waals surface area contributed by atoms with Crippen molar-refractivity contribution in [1.29, 1.82) is 0 Å². The fourth-order valence-electron chi connectivity index (χ4n) is 2.78. The maximum Gasteiger partial charge on any atom is 0.342 e. The van der Waals surface area contributed by atoms with Gasteiger partial charge in [-0.3, -0.25) is 4.79 Å². The number of carbonyl (C=O) groups excluding carboxylic acids is 2. The first-order valence-corrected chi connectivity index (χ1v) is 8.50. The number of cyclic esters (lactones) is 1. The first kappa shape index (κ1) is 19.9. The number of methoxy groups -OCH3 is 1. The van der Waals surface area contributed by atoms with E-state index in [-0.39, 0.29) is 24.2 Å². The predicted molar refractivity (Wildman–Crippen MR) is 94.1 cm³/mol. The van der Waals surface area contributed by atoms with Gasteiger partial charge in [0.15, 0.2) is 5.78 Å². The van der Waals surface area contributed by atoms with Crippen LogP contribution >= 0.6 is 0 Å². The molecule has 7 heteroatoms. The SMILES string of the molecule is COc1cc(O)c2c(c1)C=CC[C@H](O)[C@@H](O)C(=O)CCC[C@H](C)OC2=O. The first-order valence-electron chi connectivity index (χ1n) is 8.50. The largest absolute Gasteiger partial charge is 0.507 e. The quantitative estimate of drug-likeness (QED) is 0.652. The van der Waals surface area contributed by atoms with Crippen LogP contribution in [0.15, 0.2) is 18.2 Å². The number of Topliss-reactive ketones (excluding diaryl/α,β-unsaturated/α-hetero) is 1. The Balaban J connectivity index is 2.41. The molecule has 1 aliphatic heterocycles. The van der Waals surface area contributed by atoms with Crippen molar-refractivity contribution in [2.24, 2.45) is 0 Å². The number of aliphatic hydroxyl groups is 2. The lowest BCUT2D eigenvalue weighted by Crippen LogP contribution is -2.33. The Kier molecular flexibility index (Phi) is 6.76. The summed E-state index contributed by atoms with van der Waals surface area (Å²) in [5, 5.41) is 30.1. The molecular formula is C19H24O7. The number of phenolic OH excluding ortho intramolecular Hbond substituents is 1. The van der Waals surface area contributed by atoms with Crippen LogP contribution in [0.1, 0.15) is 48.5 Å². The zero-order chi connectivity index (χ0) is 19.3. The number of aromatic hydroxyl groups is 1. The van der Waals surface area contributed by atoms with Gasteiger partial charge in [0.2, 0.25) is 0 Å². The number of carbonyl (C=O) groups is 2. The number of phenols is 1. The number of esters is 1. The molecule has 3 N–H and O–H groups in total. The monoisotopic (exact) mass is 364 g/mol. The molecule has 7 nitrogen and oxygen atoms in total. The van der Waals surface area contributed by atoms with Crippen molar-refractivity contribution in [3.63, 3.8) is 0 Å². The molecule has 0 aromatic heterocycles. The highest BCUT2D eigenvalue weighted by atomic mass is 16.5. The van der Waals surface area contributed by atoms with E-state index in [1.54, 1.807) is 13.0 Å². The molecule has 0 saturated heterocycles. The fraction of sp³-hybridized carbons (Fsp3) is 0.474. The summed E-state index contributed by atoms with van der Waals surface area (Å²) in [5.41, 5.74) is 0.348. The third kappa shape index (κ3) is 4.83. The second-order valence-electron chi connectivity index (χ2n) is 6.34.